The summed E-state index contributed by atoms with van der Waals surface area (Å²) >= 11 is 3.57. The SMILES string of the molecule is COCCCNC(=O)[C@@H](C)N1CCC(C)=C(Br)C1. The minimum Gasteiger partial charge on any atom is -0.385 e. The molecule has 1 aliphatic rings. The number of rotatable bonds is 6. The fraction of sp³-hybridized carbons (Fsp3) is 0.769. The van der Waals surface area contributed by atoms with Crippen molar-refractivity contribution in [3.8, 4) is 0 Å². The highest BCUT2D eigenvalue weighted by Gasteiger charge is 2.24. The first-order valence-electron chi connectivity index (χ1n) is 6.41. The summed E-state index contributed by atoms with van der Waals surface area (Å²) in [5.41, 5.74) is 1.39. The van der Waals surface area contributed by atoms with Crippen LogP contribution in [0.5, 0.6) is 0 Å². The molecule has 1 heterocycles. The molecule has 18 heavy (non-hydrogen) atoms. The van der Waals surface area contributed by atoms with Crippen molar-refractivity contribution in [3.63, 3.8) is 0 Å². The molecule has 0 spiro atoms. The zero-order valence-electron chi connectivity index (χ0n) is 11.5. The Morgan fingerprint density at radius 3 is 2.94 bits per heavy atom. The van der Waals surface area contributed by atoms with Crippen LogP contribution in [0.4, 0.5) is 0 Å². The minimum absolute atomic E-state index is 0.0757. The average Bonchev–Trinajstić information content (AvgIpc) is 2.37. The fourth-order valence-electron chi connectivity index (χ4n) is 1.91. The second kappa shape index (κ2) is 7.92. The number of methoxy groups -OCH3 is 1. The van der Waals surface area contributed by atoms with E-state index in [4.69, 9.17) is 4.74 Å². The Bertz CT molecular complexity index is 318. The highest BCUT2D eigenvalue weighted by atomic mass is 79.9. The Morgan fingerprint density at radius 1 is 1.61 bits per heavy atom. The molecule has 0 bridgehead atoms. The Hall–Kier alpha value is -0.390. The number of nitrogens with zero attached hydrogens (tertiary/aromatic N) is 1. The van der Waals surface area contributed by atoms with Gasteiger partial charge in [-0.25, -0.2) is 0 Å². The molecule has 0 aromatic carbocycles. The van der Waals surface area contributed by atoms with Gasteiger partial charge in [0.25, 0.3) is 0 Å². The predicted molar refractivity (Wildman–Crippen MR) is 76.8 cm³/mol. The maximum atomic E-state index is 12.0. The summed E-state index contributed by atoms with van der Waals surface area (Å²) in [6.07, 6.45) is 1.89. The van der Waals surface area contributed by atoms with E-state index in [1.54, 1.807) is 7.11 Å². The largest absolute Gasteiger partial charge is 0.385 e. The molecular weight excluding hydrogens is 296 g/mol. The van der Waals surface area contributed by atoms with Gasteiger partial charge in [0, 0.05) is 37.8 Å². The van der Waals surface area contributed by atoms with E-state index in [2.05, 4.69) is 33.1 Å². The lowest BCUT2D eigenvalue weighted by atomic mass is 10.1. The maximum absolute atomic E-state index is 12.0. The van der Waals surface area contributed by atoms with Gasteiger partial charge in [0.2, 0.25) is 5.91 Å². The molecule has 0 aromatic heterocycles. The van der Waals surface area contributed by atoms with E-state index in [0.717, 1.165) is 25.9 Å². The highest BCUT2D eigenvalue weighted by Crippen LogP contribution is 2.23. The summed E-state index contributed by atoms with van der Waals surface area (Å²) in [5, 5.41) is 2.95. The van der Waals surface area contributed by atoms with Gasteiger partial charge >= 0.3 is 0 Å². The third kappa shape index (κ3) is 4.71. The zero-order chi connectivity index (χ0) is 13.5. The normalized spacial score (nSPS) is 18.9. The molecule has 0 aliphatic carbocycles. The predicted octanol–water partition coefficient (Wildman–Crippen LogP) is 1.90. The summed E-state index contributed by atoms with van der Waals surface area (Å²) in [5.74, 6) is 0.103. The van der Waals surface area contributed by atoms with Crippen LogP contribution in [0, 0.1) is 0 Å². The number of carbonyl (C=O) groups is 1. The van der Waals surface area contributed by atoms with Gasteiger partial charge in [-0.15, -0.1) is 0 Å². The molecule has 4 nitrogen and oxygen atoms in total. The molecule has 1 rings (SSSR count). The first-order valence-corrected chi connectivity index (χ1v) is 7.20. The summed E-state index contributed by atoms with van der Waals surface area (Å²) in [7, 11) is 1.67. The van der Waals surface area contributed by atoms with Crippen LogP contribution in [0.15, 0.2) is 10.1 Å². The van der Waals surface area contributed by atoms with Crippen LogP contribution in [0.25, 0.3) is 0 Å². The summed E-state index contributed by atoms with van der Waals surface area (Å²) in [6.45, 7) is 7.25. The van der Waals surface area contributed by atoms with E-state index in [0.29, 0.717) is 13.2 Å². The number of halogens is 1. The summed E-state index contributed by atoms with van der Waals surface area (Å²) < 4.78 is 6.17. The van der Waals surface area contributed by atoms with Crippen molar-refractivity contribution in [1.82, 2.24) is 10.2 Å². The van der Waals surface area contributed by atoms with Crippen molar-refractivity contribution in [2.24, 2.45) is 0 Å². The van der Waals surface area contributed by atoms with E-state index in [9.17, 15) is 4.79 Å². The molecule has 0 unspecified atom stereocenters. The second-order valence-corrected chi connectivity index (χ2v) is 5.68. The molecule has 1 N–H and O–H groups in total. The van der Waals surface area contributed by atoms with Crippen LogP contribution < -0.4 is 5.32 Å². The molecular formula is C13H23BrN2O2. The van der Waals surface area contributed by atoms with Crippen molar-refractivity contribution in [1.29, 1.82) is 0 Å². The molecule has 1 amide bonds. The van der Waals surface area contributed by atoms with E-state index in [1.807, 2.05) is 6.92 Å². The lowest BCUT2D eigenvalue weighted by Crippen LogP contribution is -2.47. The van der Waals surface area contributed by atoms with Crippen LogP contribution in [0.2, 0.25) is 0 Å². The fourth-order valence-corrected chi connectivity index (χ4v) is 2.43. The van der Waals surface area contributed by atoms with Gasteiger partial charge in [0.05, 0.1) is 6.04 Å². The first-order chi connectivity index (χ1) is 8.56. The smallest absolute Gasteiger partial charge is 0.237 e. The van der Waals surface area contributed by atoms with Crippen LogP contribution >= 0.6 is 15.9 Å². The minimum atomic E-state index is -0.0757. The van der Waals surface area contributed by atoms with E-state index < -0.39 is 0 Å². The summed E-state index contributed by atoms with van der Waals surface area (Å²) in [4.78, 5) is 14.2. The number of hydrogen-bond donors (Lipinski definition) is 1. The molecule has 0 fully saturated rings. The molecule has 5 heteroatoms. The number of carbonyl (C=O) groups excluding carboxylic acids is 1. The van der Waals surface area contributed by atoms with Crippen molar-refractivity contribution >= 4 is 21.8 Å². The molecule has 0 radical (unpaired) electrons. The van der Waals surface area contributed by atoms with Gasteiger partial charge in [-0.2, -0.15) is 0 Å². The molecule has 0 aromatic rings. The number of ether oxygens (including phenoxy) is 1. The Kier molecular flexibility index (Phi) is 6.89. The number of nitrogens with one attached hydrogen (secondary N) is 1. The van der Waals surface area contributed by atoms with Crippen LogP contribution in [-0.2, 0) is 9.53 Å². The Balaban J connectivity index is 2.35. The monoisotopic (exact) mass is 318 g/mol. The van der Waals surface area contributed by atoms with Crippen molar-refractivity contribution in [2.45, 2.75) is 32.7 Å². The molecule has 1 atom stereocenters. The van der Waals surface area contributed by atoms with Crippen LogP contribution in [0.1, 0.15) is 26.7 Å². The van der Waals surface area contributed by atoms with E-state index >= 15 is 0 Å². The lowest BCUT2D eigenvalue weighted by Gasteiger charge is -2.32. The zero-order valence-corrected chi connectivity index (χ0v) is 13.0. The maximum Gasteiger partial charge on any atom is 0.237 e. The van der Waals surface area contributed by atoms with Gasteiger partial charge in [0.1, 0.15) is 0 Å². The van der Waals surface area contributed by atoms with Gasteiger partial charge < -0.3 is 10.1 Å². The van der Waals surface area contributed by atoms with Gasteiger partial charge in [0.15, 0.2) is 0 Å². The van der Waals surface area contributed by atoms with Gasteiger partial charge in [-0.05, 0) is 26.7 Å². The summed E-state index contributed by atoms with van der Waals surface area (Å²) in [6, 6.07) is -0.0757. The van der Waals surface area contributed by atoms with E-state index in [1.165, 1.54) is 10.1 Å². The highest BCUT2D eigenvalue weighted by molar-refractivity contribution is 9.11. The van der Waals surface area contributed by atoms with Crippen molar-refractivity contribution in [2.75, 3.05) is 33.4 Å². The Labute approximate surface area is 118 Å². The third-order valence-electron chi connectivity index (χ3n) is 3.33. The topological polar surface area (TPSA) is 41.6 Å². The quantitative estimate of drug-likeness (QED) is 0.761. The van der Waals surface area contributed by atoms with Gasteiger partial charge in [-0.3, -0.25) is 9.69 Å². The average molecular weight is 319 g/mol. The molecule has 0 saturated carbocycles. The van der Waals surface area contributed by atoms with Gasteiger partial charge in [-0.1, -0.05) is 21.5 Å². The number of amides is 1. The first kappa shape index (κ1) is 15.7. The van der Waals surface area contributed by atoms with Crippen molar-refractivity contribution < 1.29 is 9.53 Å². The van der Waals surface area contributed by atoms with Crippen molar-refractivity contribution in [3.05, 3.63) is 10.1 Å². The van der Waals surface area contributed by atoms with E-state index in [-0.39, 0.29) is 11.9 Å². The second-order valence-electron chi connectivity index (χ2n) is 4.72. The van der Waals surface area contributed by atoms with Crippen LogP contribution in [-0.4, -0.2) is 50.2 Å². The lowest BCUT2D eigenvalue weighted by molar-refractivity contribution is -0.125. The van der Waals surface area contributed by atoms with Crippen LogP contribution in [0.3, 0.4) is 0 Å². The standard InChI is InChI=1S/C13H23BrN2O2/c1-10-5-7-16(9-12(10)14)11(2)13(17)15-6-4-8-18-3/h11H,4-9H2,1-3H3,(H,15,17)/t11-/m1/s1. The Morgan fingerprint density at radius 2 is 2.33 bits per heavy atom. The number of hydrogen-bond acceptors (Lipinski definition) is 3. The molecule has 0 saturated heterocycles. The molecule has 1 aliphatic heterocycles. The molecule has 104 valence electrons. The third-order valence-corrected chi connectivity index (χ3v) is 4.26.